The van der Waals surface area contributed by atoms with Crippen LogP contribution in [0, 0.1) is 0 Å². The molecule has 0 spiro atoms. The lowest BCUT2D eigenvalue weighted by Crippen LogP contribution is -1.98. The van der Waals surface area contributed by atoms with E-state index in [1.165, 1.54) is 5.39 Å². The average molecular weight is 190 g/mol. The number of unbranched alkanes of at least 4 members (excludes halogenated alkanes) is 1. The first-order chi connectivity index (χ1) is 6.92. The van der Waals surface area contributed by atoms with Gasteiger partial charge in [0.2, 0.25) is 0 Å². The lowest BCUT2D eigenvalue weighted by Gasteiger charge is -2.02. The van der Waals surface area contributed by atoms with Crippen LogP contribution in [0.3, 0.4) is 0 Å². The summed E-state index contributed by atoms with van der Waals surface area (Å²) < 4.78 is 2.13. The second-order valence-electron chi connectivity index (χ2n) is 3.36. The smallest absolute Gasteiger partial charge is 0.139 e. The molecular formula is C11H14N2O. The Kier molecular flexibility index (Phi) is 2.79. The van der Waals surface area contributed by atoms with Crippen LogP contribution in [0.2, 0.25) is 0 Å². The zero-order valence-electron chi connectivity index (χ0n) is 8.06. The van der Waals surface area contributed by atoms with E-state index in [4.69, 9.17) is 5.11 Å². The fourth-order valence-corrected chi connectivity index (χ4v) is 1.59. The molecule has 2 aromatic heterocycles. The third-order valence-corrected chi connectivity index (χ3v) is 2.33. The Morgan fingerprint density at radius 2 is 2.21 bits per heavy atom. The first-order valence-electron chi connectivity index (χ1n) is 4.92. The van der Waals surface area contributed by atoms with E-state index in [-0.39, 0.29) is 6.61 Å². The fourth-order valence-electron chi connectivity index (χ4n) is 1.59. The zero-order chi connectivity index (χ0) is 9.80. The third-order valence-electron chi connectivity index (χ3n) is 2.33. The van der Waals surface area contributed by atoms with Gasteiger partial charge in [0.25, 0.3) is 0 Å². The number of aliphatic hydroxyl groups excluding tert-OH is 1. The molecule has 1 N–H and O–H groups in total. The molecule has 0 saturated carbocycles. The van der Waals surface area contributed by atoms with Gasteiger partial charge in [0.05, 0.1) is 0 Å². The summed E-state index contributed by atoms with van der Waals surface area (Å²) in [5.41, 5.74) is 1.03. The first kappa shape index (κ1) is 9.21. The van der Waals surface area contributed by atoms with Crippen molar-refractivity contribution in [3.63, 3.8) is 0 Å². The summed E-state index contributed by atoms with van der Waals surface area (Å²) in [6.45, 7) is 1.20. The van der Waals surface area contributed by atoms with Gasteiger partial charge >= 0.3 is 0 Å². The SMILES string of the molecule is OCCCCn1ccc2cccnc21. The van der Waals surface area contributed by atoms with Gasteiger partial charge in [0, 0.05) is 30.9 Å². The van der Waals surface area contributed by atoms with Crippen molar-refractivity contribution in [2.24, 2.45) is 0 Å². The number of aliphatic hydroxyl groups is 1. The summed E-state index contributed by atoms with van der Waals surface area (Å²) in [4.78, 5) is 4.32. The summed E-state index contributed by atoms with van der Waals surface area (Å²) in [5.74, 6) is 0. The molecule has 0 aliphatic rings. The molecule has 74 valence electrons. The van der Waals surface area contributed by atoms with Gasteiger partial charge in [-0.05, 0) is 31.0 Å². The van der Waals surface area contributed by atoms with Crippen molar-refractivity contribution in [1.82, 2.24) is 9.55 Å². The van der Waals surface area contributed by atoms with E-state index in [0.29, 0.717) is 0 Å². The summed E-state index contributed by atoms with van der Waals surface area (Å²) in [6.07, 6.45) is 5.71. The van der Waals surface area contributed by atoms with Gasteiger partial charge in [-0.25, -0.2) is 4.98 Å². The van der Waals surface area contributed by atoms with E-state index in [2.05, 4.69) is 27.9 Å². The number of aryl methyl sites for hydroxylation is 1. The van der Waals surface area contributed by atoms with Gasteiger partial charge in [-0.1, -0.05) is 0 Å². The third kappa shape index (κ3) is 1.77. The van der Waals surface area contributed by atoms with Gasteiger partial charge in [0.1, 0.15) is 5.65 Å². The highest BCUT2D eigenvalue weighted by Gasteiger charge is 1.99. The summed E-state index contributed by atoms with van der Waals surface area (Å²) in [5, 5.41) is 9.86. The van der Waals surface area contributed by atoms with Crippen LogP contribution in [-0.2, 0) is 6.54 Å². The minimum Gasteiger partial charge on any atom is -0.396 e. The monoisotopic (exact) mass is 190 g/mol. The van der Waals surface area contributed by atoms with Gasteiger partial charge < -0.3 is 9.67 Å². The second kappa shape index (κ2) is 4.24. The topological polar surface area (TPSA) is 38.0 Å². The number of rotatable bonds is 4. The van der Waals surface area contributed by atoms with E-state index >= 15 is 0 Å². The van der Waals surface area contributed by atoms with Gasteiger partial charge in [-0.15, -0.1) is 0 Å². The highest BCUT2D eigenvalue weighted by atomic mass is 16.2. The Hall–Kier alpha value is -1.35. The second-order valence-corrected chi connectivity index (χ2v) is 3.36. The fraction of sp³-hybridized carbons (Fsp3) is 0.364. The molecule has 0 bridgehead atoms. The molecule has 0 unspecified atom stereocenters. The standard InChI is InChI=1S/C11H14N2O/c14-9-2-1-7-13-8-5-10-4-3-6-12-11(10)13/h3-6,8,14H,1-2,7,9H2. The molecule has 3 nitrogen and oxygen atoms in total. The number of hydrogen-bond acceptors (Lipinski definition) is 2. The zero-order valence-corrected chi connectivity index (χ0v) is 8.06. The van der Waals surface area contributed by atoms with Crippen LogP contribution in [0.25, 0.3) is 11.0 Å². The van der Waals surface area contributed by atoms with Crippen molar-refractivity contribution in [2.45, 2.75) is 19.4 Å². The van der Waals surface area contributed by atoms with Crippen LogP contribution >= 0.6 is 0 Å². The molecule has 2 aromatic rings. The molecule has 2 heterocycles. The predicted octanol–water partition coefficient (Wildman–Crippen LogP) is 1.81. The minimum absolute atomic E-state index is 0.270. The minimum atomic E-state index is 0.270. The average Bonchev–Trinajstić information content (AvgIpc) is 2.63. The predicted molar refractivity (Wildman–Crippen MR) is 56.1 cm³/mol. The van der Waals surface area contributed by atoms with Crippen molar-refractivity contribution in [3.05, 3.63) is 30.6 Å². The molecule has 2 rings (SSSR count). The molecule has 0 aromatic carbocycles. The molecule has 0 radical (unpaired) electrons. The van der Waals surface area contributed by atoms with Crippen LogP contribution in [0.4, 0.5) is 0 Å². The Bertz CT molecular complexity index is 408. The maximum absolute atomic E-state index is 8.68. The van der Waals surface area contributed by atoms with Crippen LogP contribution < -0.4 is 0 Å². The molecule has 0 amide bonds. The van der Waals surface area contributed by atoms with Crippen molar-refractivity contribution in [1.29, 1.82) is 0 Å². The number of aromatic nitrogens is 2. The number of fused-ring (bicyclic) bond motifs is 1. The van der Waals surface area contributed by atoms with E-state index in [1.807, 2.05) is 12.3 Å². The number of hydrogen-bond donors (Lipinski definition) is 1. The van der Waals surface area contributed by atoms with Crippen molar-refractivity contribution in [3.8, 4) is 0 Å². The molecule has 3 heteroatoms. The molecule has 0 fully saturated rings. The number of nitrogens with zero attached hydrogens (tertiary/aromatic N) is 2. The summed E-state index contributed by atoms with van der Waals surface area (Å²) in [6, 6.07) is 6.08. The molecule has 14 heavy (non-hydrogen) atoms. The summed E-state index contributed by atoms with van der Waals surface area (Å²) in [7, 11) is 0. The van der Waals surface area contributed by atoms with Gasteiger partial charge in [-0.2, -0.15) is 0 Å². The largest absolute Gasteiger partial charge is 0.396 e. The lowest BCUT2D eigenvalue weighted by molar-refractivity contribution is 0.281. The van der Waals surface area contributed by atoms with Crippen LogP contribution in [0.1, 0.15) is 12.8 Å². The van der Waals surface area contributed by atoms with Crippen molar-refractivity contribution >= 4 is 11.0 Å². The van der Waals surface area contributed by atoms with Gasteiger partial charge in [0.15, 0.2) is 0 Å². The normalized spacial score (nSPS) is 10.9. The lowest BCUT2D eigenvalue weighted by atomic mass is 10.3. The molecule has 0 atom stereocenters. The Labute approximate surface area is 83.0 Å². The van der Waals surface area contributed by atoms with Crippen LogP contribution in [0.15, 0.2) is 30.6 Å². The van der Waals surface area contributed by atoms with E-state index in [0.717, 1.165) is 25.0 Å². The Morgan fingerprint density at radius 3 is 3.07 bits per heavy atom. The highest BCUT2D eigenvalue weighted by Crippen LogP contribution is 2.12. The van der Waals surface area contributed by atoms with Crippen LogP contribution in [-0.4, -0.2) is 21.3 Å². The quantitative estimate of drug-likeness (QED) is 0.747. The highest BCUT2D eigenvalue weighted by molar-refractivity contribution is 5.75. The van der Waals surface area contributed by atoms with E-state index in [1.54, 1.807) is 0 Å². The summed E-state index contributed by atoms with van der Waals surface area (Å²) >= 11 is 0. The molecule has 0 aliphatic heterocycles. The van der Waals surface area contributed by atoms with E-state index in [9.17, 15) is 0 Å². The Morgan fingerprint density at radius 1 is 1.29 bits per heavy atom. The molecule has 0 saturated heterocycles. The maximum Gasteiger partial charge on any atom is 0.139 e. The van der Waals surface area contributed by atoms with Gasteiger partial charge in [-0.3, -0.25) is 0 Å². The molecule has 0 aliphatic carbocycles. The number of pyridine rings is 1. The van der Waals surface area contributed by atoms with Crippen LogP contribution in [0.5, 0.6) is 0 Å². The van der Waals surface area contributed by atoms with Crippen molar-refractivity contribution < 1.29 is 5.11 Å². The van der Waals surface area contributed by atoms with E-state index < -0.39 is 0 Å². The van der Waals surface area contributed by atoms with Crippen molar-refractivity contribution in [2.75, 3.05) is 6.61 Å². The Balaban J connectivity index is 2.17. The first-order valence-corrected chi connectivity index (χ1v) is 4.92. The maximum atomic E-state index is 8.68. The molecular weight excluding hydrogens is 176 g/mol.